The second-order valence-corrected chi connectivity index (χ2v) is 6.46. The van der Waals surface area contributed by atoms with Gasteiger partial charge in [0, 0.05) is 40.3 Å². The first kappa shape index (κ1) is 18.8. The lowest BCUT2D eigenvalue weighted by Gasteiger charge is -2.37. The molecule has 1 aromatic heterocycles. The molecule has 2 heterocycles. The van der Waals surface area contributed by atoms with Gasteiger partial charge in [-0.1, -0.05) is 0 Å². The van der Waals surface area contributed by atoms with Crippen molar-refractivity contribution in [3.8, 4) is 6.07 Å². The monoisotopic (exact) mass is 376 g/mol. The Labute approximate surface area is 155 Å². The van der Waals surface area contributed by atoms with Gasteiger partial charge < -0.3 is 14.7 Å². The van der Waals surface area contributed by atoms with Gasteiger partial charge in [0.2, 0.25) is 0 Å². The van der Waals surface area contributed by atoms with Gasteiger partial charge in [-0.2, -0.15) is 18.4 Å². The number of benzene rings is 1. The Morgan fingerprint density at radius 3 is 2.19 bits per heavy atom. The molecule has 27 heavy (non-hydrogen) atoms. The molecule has 0 bridgehead atoms. The van der Waals surface area contributed by atoms with Crippen molar-refractivity contribution in [2.24, 2.45) is 0 Å². The molecular weight excluding hydrogens is 357 g/mol. The van der Waals surface area contributed by atoms with Crippen LogP contribution in [0.15, 0.2) is 30.3 Å². The van der Waals surface area contributed by atoms with Gasteiger partial charge in [-0.05, 0) is 30.3 Å². The van der Waals surface area contributed by atoms with Crippen LogP contribution < -0.4 is 14.7 Å². The second-order valence-electron chi connectivity index (χ2n) is 6.46. The van der Waals surface area contributed by atoms with E-state index in [1.165, 1.54) is 6.07 Å². The van der Waals surface area contributed by atoms with Crippen molar-refractivity contribution in [2.75, 3.05) is 55.0 Å². The van der Waals surface area contributed by atoms with E-state index in [-0.39, 0.29) is 5.56 Å². The first-order valence-electron chi connectivity index (χ1n) is 8.42. The molecule has 1 aliphatic heterocycles. The third-order valence-electron chi connectivity index (χ3n) is 4.48. The molecule has 142 valence electrons. The number of anilines is 3. The third kappa shape index (κ3) is 4.05. The Morgan fingerprint density at radius 1 is 1.00 bits per heavy atom. The maximum absolute atomic E-state index is 12.8. The van der Waals surface area contributed by atoms with Crippen molar-refractivity contribution in [2.45, 2.75) is 6.18 Å². The highest BCUT2D eigenvalue weighted by atomic mass is 19.4. The van der Waals surface area contributed by atoms with Gasteiger partial charge in [0.25, 0.3) is 0 Å². The van der Waals surface area contributed by atoms with Crippen LogP contribution in [0, 0.1) is 11.3 Å². The third-order valence-corrected chi connectivity index (χ3v) is 4.48. The zero-order valence-corrected chi connectivity index (χ0v) is 15.0. The van der Waals surface area contributed by atoms with Crippen LogP contribution in [0.2, 0.25) is 0 Å². The molecule has 1 fully saturated rings. The van der Waals surface area contributed by atoms with E-state index in [2.05, 4.69) is 15.1 Å². The van der Waals surface area contributed by atoms with E-state index in [1.54, 1.807) is 0 Å². The van der Waals surface area contributed by atoms with E-state index in [0.717, 1.165) is 23.8 Å². The zero-order chi connectivity index (χ0) is 19.6. The lowest BCUT2D eigenvalue weighted by Crippen LogP contribution is -2.47. The predicted molar refractivity (Wildman–Crippen MR) is 96.9 cm³/mol. The maximum atomic E-state index is 12.8. The van der Waals surface area contributed by atoms with Crippen molar-refractivity contribution >= 4 is 17.3 Å². The number of alkyl halides is 3. The van der Waals surface area contributed by atoms with Gasteiger partial charge in [-0.15, -0.1) is 10.2 Å². The molecule has 1 saturated heterocycles. The fourth-order valence-electron chi connectivity index (χ4n) is 2.98. The molecule has 0 spiro atoms. The normalized spacial score (nSPS) is 14.8. The van der Waals surface area contributed by atoms with Gasteiger partial charge in [0.1, 0.15) is 6.07 Å². The van der Waals surface area contributed by atoms with Crippen LogP contribution in [-0.2, 0) is 6.18 Å². The van der Waals surface area contributed by atoms with E-state index < -0.39 is 11.7 Å². The molecule has 1 aromatic carbocycles. The highest BCUT2D eigenvalue weighted by Crippen LogP contribution is 2.33. The largest absolute Gasteiger partial charge is 0.416 e. The lowest BCUT2D eigenvalue weighted by atomic mass is 10.1. The van der Waals surface area contributed by atoms with Gasteiger partial charge in [0.05, 0.1) is 16.8 Å². The summed E-state index contributed by atoms with van der Waals surface area (Å²) in [6.07, 6.45) is -4.46. The number of hydrogen-bond donors (Lipinski definition) is 0. The molecular formula is C18H19F3N6. The van der Waals surface area contributed by atoms with E-state index in [4.69, 9.17) is 0 Å². The summed E-state index contributed by atoms with van der Waals surface area (Å²) in [6, 6.07) is 8.98. The van der Waals surface area contributed by atoms with Gasteiger partial charge in [-0.25, -0.2) is 0 Å². The summed E-state index contributed by atoms with van der Waals surface area (Å²) < 4.78 is 38.5. The van der Waals surface area contributed by atoms with Crippen molar-refractivity contribution in [3.63, 3.8) is 0 Å². The minimum absolute atomic E-state index is 0.0356. The number of nitriles is 1. The van der Waals surface area contributed by atoms with Crippen LogP contribution in [0.3, 0.4) is 0 Å². The maximum Gasteiger partial charge on any atom is 0.416 e. The summed E-state index contributed by atoms with van der Waals surface area (Å²) in [5.74, 6) is 1.52. The highest BCUT2D eigenvalue weighted by Gasteiger charge is 2.31. The Morgan fingerprint density at radius 2 is 1.67 bits per heavy atom. The average molecular weight is 376 g/mol. The first-order valence-corrected chi connectivity index (χ1v) is 8.42. The van der Waals surface area contributed by atoms with E-state index in [0.29, 0.717) is 31.9 Å². The van der Waals surface area contributed by atoms with Crippen molar-refractivity contribution in [1.82, 2.24) is 10.2 Å². The standard InChI is InChI=1S/C18H19F3N6/c1-25(2)16-5-6-17(24-23-16)27-9-7-26(8-10-27)15-4-3-14(18(19,20)21)11-13(15)12-22/h3-6,11H,7-10H2,1-2H3. The van der Waals surface area contributed by atoms with Crippen LogP contribution in [0.4, 0.5) is 30.5 Å². The first-order chi connectivity index (χ1) is 12.8. The minimum Gasteiger partial charge on any atom is -0.367 e. The van der Waals surface area contributed by atoms with Crippen LogP contribution in [-0.4, -0.2) is 50.5 Å². The summed E-state index contributed by atoms with van der Waals surface area (Å²) in [4.78, 5) is 5.86. The summed E-state index contributed by atoms with van der Waals surface area (Å²) in [5.41, 5.74) is -0.245. The molecule has 0 saturated carbocycles. The summed E-state index contributed by atoms with van der Waals surface area (Å²) >= 11 is 0. The molecule has 9 heteroatoms. The molecule has 3 rings (SSSR count). The molecule has 0 radical (unpaired) electrons. The van der Waals surface area contributed by atoms with Crippen LogP contribution in [0.5, 0.6) is 0 Å². The molecule has 0 atom stereocenters. The average Bonchev–Trinajstić information content (AvgIpc) is 2.67. The molecule has 0 aliphatic carbocycles. The number of piperazine rings is 1. The Balaban J connectivity index is 1.71. The van der Waals surface area contributed by atoms with Crippen LogP contribution in [0.25, 0.3) is 0 Å². The fourth-order valence-corrected chi connectivity index (χ4v) is 2.98. The summed E-state index contributed by atoms with van der Waals surface area (Å²) in [7, 11) is 3.78. The predicted octanol–water partition coefficient (Wildman–Crippen LogP) is 2.76. The Kier molecular flexibility index (Phi) is 5.08. The number of hydrogen-bond acceptors (Lipinski definition) is 6. The second kappa shape index (κ2) is 7.31. The van der Waals surface area contributed by atoms with Crippen molar-refractivity contribution in [3.05, 3.63) is 41.5 Å². The Bertz CT molecular complexity index is 834. The van der Waals surface area contributed by atoms with Gasteiger partial charge in [0.15, 0.2) is 11.6 Å². The summed E-state index contributed by atoms with van der Waals surface area (Å²) in [5, 5.41) is 17.7. The number of nitrogens with zero attached hydrogens (tertiary/aromatic N) is 6. The number of rotatable bonds is 3. The van der Waals surface area contributed by atoms with Crippen LogP contribution >= 0.6 is 0 Å². The van der Waals surface area contributed by atoms with E-state index in [9.17, 15) is 18.4 Å². The minimum atomic E-state index is -4.46. The summed E-state index contributed by atoms with van der Waals surface area (Å²) in [6.45, 7) is 2.44. The van der Waals surface area contributed by atoms with Gasteiger partial charge in [-0.3, -0.25) is 0 Å². The van der Waals surface area contributed by atoms with Gasteiger partial charge >= 0.3 is 6.18 Å². The fraction of sp³-hybridized carbons (Fsp3) is 0.389. The van der Waals surface area contributed by atoms with Crippen LogP contribution in [0.1, 0.15) is 11.1 Å². The highest BCUT2D eigenvalue weighted by molar-refractivity contribution is 5.61. The van der Waals surface area contributed by atoms with E-state index in [1.807, 2.05) is 42.1 Å². The molecule has 0 amide bonds. The molecule has 0 N–H and O–H groups in total. The quantitative estimate of drug-likeness (QED) is 0.821. The number of halogens is 3. The topological polar surface area (TPSA) is 59.3 Å². The lowest BCUT2D eigenvalue weighted by molar-refractivity contribution is -0.137. The van der Waals surface area contributed by atoms with Crippen molar-refractivity contribution in [1.29, 1.82) is 5.26 Å². The molecule has 0 unspecified atom stereocenters. The molecule has 2 aromatic rings. The number of aromatic nitrogens is 2. The molecule has 6 nitrogen and oxygen atoms in total. The van der Waals surface area contributed by atoms with Crippen molar-refractivity contribution < 1.29 is 13.2 Å². The SMILES string of the molecule is CN(C)c1ccc(N2CCN(c3ccc(C(F)(F)F)cc3C#N)CC2)nn1. The molecule has 1 aliphatic rings. The zero-order valence-electron chi connectivity index (χ0n) is 15.0. The Hall–Kier alpha value is -3.02. The van der Waals surface area contributed by atoms with E-state index >= 15 is 0 Å². The smallest absolute Gasteiger partial charge is 0.367 e.